The number of carboxylic acids is 1. The highest BCUT2D eigenvalue weighted by Gasteiger charge is 2.12. The van der Waals surface area contributed by atoms with E-state index >= 15 is 0 Å². The number of hydrogen-bond donors (Lipinski definition) is 5. The fourth-order valence-electron chi connectivity index (χ4n) is 2.17. The van der Waals surface area contributed by atoms with Gasteiger partial charge in [0, 0.05) is 12.5 Å². The van der Waals surface area contributed by atoms with E-state index in [0.29, 0.717) is 6.04 Å². The van der Waals surface area contributed by atoms with Gasteiger partial charge in [-0.15, -0.1) is 0 Å². The molecular weight excluding hydrogens is 290 g/mol. The van der Waals surface area contributed by atoms with Crippen molar-refractivity contribution in [1.82, 2.24) is 5.32 Å². The fourth-order valence-corrected chi connectivity index (χ4v) is 2.17. The zero-order valence-corrected chi connectivity index (χ0v) is 12.2. The third-order valence-electron chi connectivity index (χ3n) is 3.36. The second-order valence-electron chi connectivity index (χ2n) is 5.06. The minimum atomic E-state index is -1.29. The quantitative estimate of drug-likeness (QED) is 0.422. The molecule has 0 radical (unpaired) electrons. The van der Waals surface area contributed by atoms with Gasteiger partial charge in [0.1, 0.15) is 6.29 Å². The number of benzene rings is 1. The van der Waals surface area contributed by atoms with Crippen molar-refractivity contribution in [3.05, 3.63) is 17.7 Å². The molecule has 2 rings (SSSR count). The van der Waals surface area contributed by atoms with Crippen LogP contribution in [0.15, 0.2) is 12.1 Å². The average Bonchev–Trinajstić information content (AvgIpc) is 2.51. The van der Waals surface area contributed by atoms with E-state index < -0.39 is 23.2 Å². The van der Waals surface area contributed by atoms with Crippen molar-refractivity contribution in [3.63, 3.8) is 0 Å². The van der Waals surface area contributed by atoms with E-state index in [0.717, 1.165) is 37.8 Å². The Hall–Kier alpha value is -2.28. The molecule has 5 N–H and O–H groups in total. The first-order valence-corrected chi connectivity index (χ1v) is 7.11. The van der Waals surface area contributed by atoms with E-state index in [2.05, 4.69) is 5.32 Å². The van der Waals surface area contributed by atoms with Gasteiger partial charge in [0.25, 0.3) is 0 Å². The van der Waals surface area contributed by atoms with E-state index in [-0.39, 0.29) is 5.56 Å². The number of aromatic carboxylic acids is 1. The third-order valence-corrected chi connectivity index (χ3v) is 3.36. The molecule has 0 saturated carbocycles. The van der Waals surface area contributed by atoms with Gasteiger partial charge in [-0.25, -0.2) is 4.79 Å². The standard InChI is InChI=1S/C8H15NO.C7H6O5/c10-7-3-5-8-4-1-2-6-9-8;8-4-1-3(7(11)12)2-5(9)6(4)10/h7-9H,1-6H2;1-2,8-10H,(H,11,12). The molecule has 1 aliphatic rings. The molecule has 1 unspecified atom stereocenters. The summed E-state index contributed by atoms with van der Waals surface area (Å²) in [6.45, 7) is 1.14. The Morgan fingerprint density at radius 3 is 2.32 bits per heavy atom. The van der Waals surface area contributed by atoms with Crippen LogP contribution in [0.5, 0.6) is 17.2 Å². The highest BCUT2D eigenvalue weighted by atomic mass is 16.4. The Bertz CT molecular complexity index is 488. The highest BCUT2D eigenvalue weighted by molar-refractivity contribution is 5.89. The van der Waals surface area contributed by atoms with E-state index in [1.807, 2.05) is 0 Å². The summed E-state index contributed by atoms with van der Waals surface area (Å²) < 4.78 is 0. The number of aromatic hydroxyl groups is 3. The Balaban J connectivity index is 0.000000224. The Morgan fingerprint density at radius 2 is 1.86 bits per heavy atom. The number of phenolic OH excluding ortho intramolecular Hbond substituents is 3. The normalized spacial score (nSPS) is 17.2. The number of hydrogen-bond acceptors (Lipinski definition) is 6. The summed E-state index contributed by atoms with van der Waals surface area (Å²) in [7, 11) is 0. The molecule has 1 aromatic rings. The first-order chi connectivity index (χ1) is 10.5. The van der Waals surface area contributed by atoms with E-state index in [1.165, 1.54) is 19.3 Å². The zero-order chi connectivity index (χ0) is 16.5. The summed E-state index contributed by atoms with van der Waals surface area (Å²) in [6, 6.07) is 2.31. The van der Waals surface area contributed by atoms with Gasteiger partial charge >= 0.3 is 5.97 Å². The Labute approximate surface area is 128 Å². The molecule has 0 amide bonds. The summed E-state index contributed by atoms with van der Waals surface area (Å²) in [4.78, 5) is 20.3. The number of carbonyl (C=O) groups is 2. The largest absolute Gasteiger partial charge is 0.504 e. The summed E-state index contributed by atoms with van der Waals surface area (Å²) in [6.07, 6.45) is 6.65. The maximum atomic E-state index is 10.3. The summed E-state index contributed by atoms with van der Waals surface area (Å²) >= 11 is 0. The van der Waals surface area contributed by atoms with Gasteiger partial charge in [0.2, 0.25) is 0 Å². The summed E-state index contributed by atoms with van der Waals surface area (Å²) in [5, 5.41) is 38.3. The molecule has 1 aromatic carbocycles. The number of piperidine rings is 1. The van der Waals surface area contributed by atoms with Gasteiger partial charge in [0.15, 0.2) is 17.2 Å². The number of carboxylic acid groups (broad SMARTS) is 1. The van der Waals surface area contributed by atoms with Crippen molar-refractivity contribution in [2.45, 2.75) is 38.1 Å². The molecule has 1 aliphatic heterocycles. The number of rotatable bonds is 4. The van der Waals surface area contributed by atoms with Crippen LogP contribution >= 0.6 is 0 Å². The number of aldehydes is 1. The van der Waals surface area contributed by atoms with Crippen molar-refractivity contribution in [1.29, 1.82) is 0 Å². The van der Waals surface area contributed by atoms with E-state index in [4.69, 9.17) is 20.4 Å². The topological polar surface area (TPSA) is 127 Å². The van der Waals surface area contributed by atoms with Crippen molar-refractivity contribution in [2.75, 3.05) is 6.54 Å². The SMILES string of the molecule is O=C(O)c1cc(O)c(O)c(O)c1.O=CCCC1CCCCN1. The maximum absolute atomic E-state index is 10.3. The second kappa shape index (κ2) is 8.89. The van der Waals surface area contributed by atoms with Crippen LogP contribution < -0.4 is 5.32 Å². The monoisotopic (exact) mass is 311 g/mol. The number of phenols is 3. The molecule has 1 heterocycles. The minimum Gasteiger partial charge on any atom is -0.504 e. The molecule has 0 aromatic heterocycles. The fraction of sp³-hybridized carbons (Fsp3) is 0.467. The summed E-state index contributed by atoms with van der Waals surface area (Å²) in [5.41, 5.74) is -0.289. The lowest BCUT2D eigenvalue weighted by Crippen LogP contribution is -2.33. The predicted octanol–water partition coefficient (Wildman–Crippen LogP) is 1.61. The van der Waals surface area contributed by atoms with Crippen LogP contribution in [0.2, 0.25) is 0 Å². The smallest absolute Gasteiger partial charge is 0.335 e. The average molecular weight is 311 g/mol. The molecular formula is C15H21NO6. The molecule has 0 aliphatic carbocycles. The lowest BCUT2D eigenvalue weighted by Gasteiger charge is -2.22. The van der Waals surface area contributed by atoms with Gasteiger partial charge in [-0.3, -0.25) is 0 Å². The molecule has 0 bridgehead atoms. The molecule has 7 heteroatoms. The molecule has 7 nitrogen and oxygen atoms in total. The van der Waals surface area contributed by atoms with Crippen molar-refractivity contribution >= 4 is 12.3 Å². The van der Waals surface area contributed by atoms with Gasteiger partial charge in [0.05, 0.1) is 5.56 Å². The first kappa shape index (κ1) is 17.8. The maximum Gasteiger partial charge on any atom is 0.335 e. The third kappa shape index (κ3) is 5.61. The van der Waals surface area contributed by atoms with Crippen LogP contribution in [-0.4, -0.2) is 45.3 Å². The highest BCUT2D eigenvalue weighted by Crippen LogP contribution is 2.35. The summed E-state index contributed by atoms with van der Waals surface area (Å²) in [5.74, 6) is -3.33. The Morgan fingerprint density at radius 1 is 1.23 bits per heavy atom. The number of nitrogens with one attached hydrogen (secondary N) is 1. The van der Waals surface area contributed by atoms with Crippen LogP contribution in [0.1, 0.15) is 42.5 Å². The number of carbonyl (C=O) groups excluding carboxylic acids is 1. The van der Waals surface area contributed by atoms with Crippen LogP contribution in [0, 0.1) is 0 Å². The van der Waals surface area contributed by atoms with Crippen LogP contribution in [-0.2, 0) is 4.79 Å². The molecule has 1 fully saturated rings. The van der Waals surface area contributed by atoms with Gasteiger partial charge < -0.3 is 30.5 Å². The van der Waals surface area contributed by atoms with Gasteiger partial charge in [-0.05, 0) is 37.9 Å². The molecule has 1 saturated heterocycles. The first-order valence-electron chi connectivity index (χ1n) is 7.11. The van der Waals surface area contributed by atoms with Crippen molar-refractivity contribution < 1.29 is 30.0 Å². The van der Waals surface area contributed by atoms with Gasteiger partial charge in [-0.2, -0.15) is 0 Å². The molecule has 1 atom stereocenters. The van der Waals surface area contributed by atoms with Crippen LogP contribution in [0.3, 0.4) is 0 Å². The molecule has 22 heavy (non-hydrogen) atoms. The molecule has 0 spiro atoms. The van der Waals surface area contributed by atoms with Gasteiger partial charge in [-0.1, -0.05) is 6.42 Å². The van der Waals surface area contributed by atoms with Crippen molar-refractivity contribution in [2.24, 2.45) is 0 Å². The lowest BCUT2D eigenvalue weighted by atomic mass is 10.0. The van der Waals surface area contributed by atoms with E-state index in [9.17, 15) is 9.59 Å². The zero-order valence-electron chi connectivity index (χ0n) is 12.2. The van der Waals surface area contributed by atoms with E-state index in [1.54, 1.807) is 0 Å². The van der Waals surface area contributed by atoms with Crippen molar-refractivity contribution in [3.8, 4) is 17.2 Å². The van der Waals surface area contributed by atoms with Crippen LogP contribution in [0.25, 0.3) is 0 Å². The predicted molar refractivity (Wildman–Crippen MR) is 79.3 cm³/mol. The second-order valence-corrected chi connectivity index (χ2v) is 5.06. The Kier molecular flexibility index (Phi) is 7.18. The van der Waals surface area contributed by atoms with Crippen LogP contribution in [0.4, 0.5) is 0 Å². The molecule has 122 valence electrons. The minimum absolute atomic E-state index is 0.289. The lowest BCUT2D eigenvalue weighted by molar-refractivity contribution is -0.108.